The summed E-state index contributed by atoms with van der Waals surface area (Å²) in [6, 6.07) is 12.2. The first-order valence-corrected chi connectivity index (χ1v) is 9.54. The lowest BCUT2D eigenvalue weighted by Crippen LogP contribution is -2.46. The number of ether oxygens (including phenoxy) is 1. The zero-order valence-electron chi connectivity index (χ0n) is 14.9. The molecule has 0 spiro atoms. The van der Waals surface area contributed by atoms with Gasteiger partial charge in [-0.25, -0.2) is 0 Å². The van der Waals surface area contributed by atoms with E-state index in [2.05, 4.69) is 17.9 Å². The molecule has 3 rings (SSSR count). The molecule has 2 amide bonds. The van der Waals surface area contributed by atoms with Gasteiger partial charge in [0.25, 0.3) is 11.8 Å². The monoisotopic (exact) mass is 404 g/mol. The average Bonchev–Trinajstić information content (AvgIpc) is 2.68. The van der Waals surface area contributed by atoms with E-state index in [1.54, 1.807) is 29.2 Å². The molecule has 0 aliphatic carbocycles. The van der Waals surface area contributed by atoms with E-state index in [9.17, 15) is 9.59 Å². The quantitative estimate of drug-likeness (QED) is 0.764. The number of nitrogens with zero attached hydrogens (tertiary/aromatic N) is 1. The minimum absolute atomic E-state index is 0.00326. The van der Waals surface area contributed by atoms with Crippen molar-refractivity contribution >= 4 is 36.0 Å². The van der Waals surface area contributed by atoms with Gasteiger partial charge in [-0.1, -0.05) is 23.7 Å². The van der Waals surface area contributed by atoms with E-state index in [4.69, 9.17) is 16.3 Å². The lowest BCUT2D eigenvalue weighted by molar-refractivity contribution is 0.0694. The van der Waals surface area contributed by atoms with E-state index in [0.717, 1.165) is 0 Å². The number of carbonyl (C=O) groups excluding carboxylic acids is 2. The molecule has 0 atom stereocenters. The van der Waals surface area contributed by atoms with Crippen molar-refractivity contribution in [3.8, 4) is 5.75 Å². The Kier molecular flexibility index (Phi) is 6.29. The molecule has 2 aromatic carbocycles. The van der Waals surface area contributed by atoms with Crippen LogP contribution in [0.3, 0.4) is 0 Å². The van der Waals surface area contributed by atoms with Crippen molar-refractivity contribution in [3.63, 3.8) is 0 Å². The Bertz CT molecular complexity index is 851. The Morgan fingerprint density at radius 3 is 2.52 bits per heavy atom. The van der Waals surface area contributed by atoms with Gasteiger partial charge < -0.3 is 15.0 Å². The molecule has 1 aliphatic heterocycles. The molecule has 142 valence electrons. The van der Waals surface area contributed by atoms with Gasteiger partial charge in [0.2, 0.25) is 0 Å². The normalized spacial score (nSPS) is 14.7. The first kappa shape index (κ1) is 19.6. The van der Waals surface area contributed by atoms with E-state index in [-0.39, 0.29) is 17.9 Å². The van der Waals surface area contributed by atoms with Crippen molar-refractivity contribution in [1.82, 2.24) is 10.2 Å². The summed E-state index contributed by atoms with van der Waals surface area (Å²) in [4.78, 5) is 27.7. The van der Waals surface area contributed by atoms with Crippen LogP contribution in [0.5, 0.6) is 5.75 Å². The molecule has 0 radical (unpaired) electrons. The van der Waals surface area contributed by atoms with Crippen LogP contribution < -0.4 is 10.1 Å². The van der Waals surface area contributed by atoms with Crippen molar-refractivity contribution < 1.29 is 14.3 Å². The fourth-order valence-electron chi connectivity index (χ4n) is 3.17. The van der Waals surface area contributed by atoms with Crippen molar-refractivity contribution in [2.75, 3.05) is 20.2 Å². The highest BCUT2D eigenvalue weighted by atomic mass is 35.5. The number of rotatable bonds is 4. The number of piperidine rings is 1. The Balaban J connectivity index is 1.60. The largest absolute Gasteiger partial charge is 0.496 e. The fourth-order valence-corrected chi connectivity index (χ4v) is 3.60. The maximum atomic E-state index is 12.7. The van der Waals surface area contributed by atoms with E-state index >= 15 is 0 Å². The summed E-state index contributed by atoms with van der Waals surface area (Å²) in [5.74, 6) is 0.233. The molecule has 0 unspecified atom stereocenters. The molecular formula is C20H21ClN2O3S. The summed E-state index contributed by atoms with van der Waals surface area (Å²) in [5, 5.41) is 3.50. The summed E-state index contributed by atoms with van der Waals surface area (Å²) in [7, 11) is 1.52. The number of likely N-dealkylation sites (tertiary alicyclic amines) is 1. The third-order valence-electron chi connectivity index (χ3n) is 4.66. The van der Waals surface area contributed by atoms with Crippen molar-refractivity contribution in [3.05, 3.63) is 58.6 Å². The molecular weight excluding hydrogens is 384 g/mol. The number of thiol groups is 1. The van der Waals surface area contributed by atoms with E-state index in [1.165, 1.54) is 7.11 Å². The number of halogens is 1. The molecule has 0 bridgehead atoms. The summed E-state index contributed by atoms with van der Waals surface area (Å²) >= 11 is 10.4. The lowest BCUT2D eigenvalue weighted by atomic mass is 10.0. The van der Waals surface area contributed by atoms with Gasteiger partial charge in [0.05, 0.1) is 18.2 Å². The second-order valence-electron chi connectivity index (χ2n) is 6.40. The average molecular weight is 405 g/mol. The topological polar surface area (TPSA) is 58.6 Å². The van der Waals surface area contributed by atoms with Gasteiger partial charge in [-0.2, -0.15) is 0 Å². The number of carbonyl (C=O) groups is 2. The SMILES string of the molecule is COc1ccc(Cl)cc1C(=O)NC1CCN(C(=O)c2ccccc2S)CC1. The lowest BCUT2D eigenvalue weighted by Gasteiger charge is -2.32. The van der Waals surface area contributed by atoms with E-state index in [1.807, 2.05) is 18.2 Å². The van der Waals surface area contributed by atoms with Crippen LogP contribution in [0.1, 0.15) is 33.6 Å². The molecule has 7 heteroatoms. The Hall–Kier alpha value is -2.18. The third-order valence-corrected chi connectivity index (χ3v) is 5.28. The van der Waals surface area contributed by atoms with E-state index in [0.29, 0.717) is 52.7 Å². The van der Waals surface area contributed by atoms with E-state index < -0.39 is 0 Å². The van der Waals surface area contributed by atoms with Crippen LogP contribution in [-0.2, 0) is 0 Å². The minimum atomic E-state index is -0.222. The highest BCUT2D eigenvalue weighted by molar-refractivity contribution is 7.80. The number of hydrogen-bond donors (Lipinski definition) is 2. The zero-order chi connectivity index (χ0) is 19.4. The number of benzene rings is 2. The molecule has 27 heavy (non-hydrogen) atoms. The van der Waals surface area contributed by atoms with Crippen LogP contribution in [0.4, 0.5) is 0 Å². The van der Waals surface area contributed by atoms with Gasteiger partial charge in [-0.3, -0.25) is 9.59 Å². The maximum Gasteiger partial charge on any atom is 0.255 e. The van der Waals surface area contributed by atoms with Crippen molar-refractivity contribution in [2.45, 2.75) is 23.8 Å². The van der Waals surface area contributed by atoms with Gasteiger partial charge in [0.15, 0.2) is 0 Å². The number of amides is 2. The first-order chi connectivity index (χ1) is 13.0. The predicted molar refractivity (Wildman–Crippen MR) is 108 cm³/mol. The van der Waals surface area contributed by atoms with Crippen molar-refractivity contribution in [1.29, 1.82) is 0 Å². The molecule has 2 aromatic rings. The summed E-state index contributed by atoms with van der Waals surface area (Å²) in [6.45, 7) is 1.16. The van der Waals surface area contributed by atoms with Gasteiger partial charge in [0, 0.05) is 29.0 Å². The molecule has 0 saturated carbocycles. The fraction of sp³-hybridized carbons (Fsp3) is 0.300. The van der Waals surface area contributed by atoms with Crippen LogP contribution in [0.25, 0.3) is 0 Å². The van der Waals surface area contributed by atoms with Gasteiger partial charge in [-0.05, 0) is 43.2 Å². The van der Waals surface area contributed by atoms with Crippen LogP contribution in [-0.4, -0.2) is 43.0 Å². The summed E-state index contributed by atoms with van der Waals surface area (Å²) in [6.07, 6.45) is 1.38. The smallest absolute Gasteiger partial charge is 0.255 e. The number of hydrogen-bond acceptors (Lipinski definition) is 4. The molecule has 5 nitrogen and oxygen atoms in total. The van der Waals surface area contributed by atoms with Crippen molar-refractivity contribution in [2.24, 2.45) is 0 Å². The second-order valence-corrected chi connectivity index (χ2v) is 7.32. The third kappa shape index (κ3) is 4.57. The molecule has 1 saturated heterocycles. The van der Waals surface area contributed by atoms with Gasteiger partial charge >= 0.3 is 0 Å². The predicted octanol–water partition coefficient (Wildman–Crippen LogP) is 3.67. The molecule has 1 heterocycles. The Morgan fingerprint density at radius 2 is 1.85 bits per heavy atom. The molecule has 1 fully saturated rings. The summed E-state index contributed by atoms with van der Waals surface area (Å²) in [5.41, 5.74) is 1.01. The molecule has 1 N–H and O–H groups in total. The number of nitrogens with one attached hydrogen (secondary N) is 1. The highest BCUT2D eigenvalue weighted by Crippen LogP contribution is 2.24. The maximum absolute atomic E-state index is 12.7. The van der Waals surface area contributed by atoms with Crippen LogP contribution in [0, 0.1) is 0 Å². The van der Waals surface area contributed by atoms with Crippen LogP contribution >= 0.6 is 24.2 Å². The first-order valence-electron chi connectivity index (χ1n) is 8.71. The second kappa shape index (κ2) is 8.67. The Morgan fingerprint density at radius 1 is 1.15 bits per heavy atom. The standard InChI is InChI=1S/C20H21ClN2O3S/c1-26-17-7-6-13(21)12-16(17)19(24)22-14-8-10-23(11-9-14)20(25)15-4-2-3-5-18(15)27/h2-7,12,14,27H,8-11H2,1H3,(H,22,24). The zero-order valence-corrected chi connectivity index (χ0v) is 16.6. The van der Waals surface area contributed by atoms with Gasteiger partial charge in [-0.15, -0.1) is 12.6 Å². The molecule has 0 aromatic heterocycles. The van der Waals surface area contributed by atoms with Crippen LogP contribution in [0.2, 0.25) is 5.02 Å². The van der Waals surface area contributed by atoms with Crippen LogP contribution in [0.15, 0.2) is 47.4 Å². The minimum Gasteiger partial charge on any atom is -0.496 e. The Labute approximate surface area is 169 Å². The summed E-state index contributed by atoms with van der Waals surface area (Å²) < 4.78 is 5.24. The molecule has 1 aliphatic rings. The highest BCUT2D eigenvalue weighted by Gasteiger charge is 2.26. The van der Waals surface area contributed by atoms with Gasteiger partial charge in [0.1, 0.15) is 5.75 Å². The number of methoxy groups -OCH3 is 1.